The van der Waals surface area contributed by atoms with Crippen LogP contribution in [0.25, 0.3) is 5.57 Å². The molecular formula is C34H39F3I2N4O2. The van der Waals surface area contributed by atoms with E-state index in [2.05, 4.69) is 45.8 Å². The summed E-state index contributed by atoms with van der Waals surface area (Å²) in [6.07, 6.45) is 5.28. The van der Waals surface area contributed by atoms with Crippen LogP contribution < -0.4 is 10.6 Å². The molecular weight excluding hydrogens is 807 g/mol. The van der Waals surface area contributed by atoms with Crippen molar-refractivity contribution in [1.29, 1.82) is 0 Å². The average molecular weight is 847 g/mol. The summed E-state index contributed by atoms with van der Waals surface area (Å²) in [5, 5.41) is 5.94. The number of unbranched alkanes of at least 4 members (excludes halogenated alkanes) is 1. The topological polar surface area (TPSA) is 66.5 Å². The number of nitrogens with one attached hydrogen (secondary N) is 2. The molecule has 45 heavy (non-hydrogen) atoms. The molecule has 1 aromatic heterocycles. The number of methoxy groups -OCH3 is 1. The number of benzene rings is 1. The largest absolute Gasteiger partial charge is 0.405 e. The quantitative estimate of drug-likeness (QED) is 0.150. The molecule has 0 saturated carbocycles. The maximum absolute atomic E-state index is 13.7. The van der Waals surface area contributed by atoms with E-state index in [0.29, 0.717) is 12.5 Å². The average Bonchev–Trinajstić information content (AvgIpc) is 3.35. The van der Waals surface area contributed by atoms with Crippen molar-refractivity contribution in [2.45, 2.75) is 68.8 Å². The van der Waals surface area contributed by atoms with Crippen LogP contribution in [0, 0.1) is 3.57 Å². The highest BCUT2D eigenvalue weighted by Gasteiger charge is 2.51. The summed E-state index contributed by atoms with van der Waals surface area (Å²) in [4.78, 5) is 21.1. The predicted octanol–water partition coefficient (Wildman–Crippen LogP) is 6.72. The second kappa shape index (κ2) is 14.5. The first-order valence-electron chi connectivity index (χ1n) is 15.6. The van der Waals surface area contributed by atoms with Crippen LogP contribution in [-0.4, -0.2) is 67.3 Å². The van der Waals surface area contributed by atoms with Gasteiger partial charge in [-0.2, -0.15) is 13.2 Å². The Labute approximate surface area is 282 Å². The first-order valence-corrected chi connectivity index (χ1v) is 20.4. The second-order valence-electron chi connectivity index (χ2n) is 11.9. The lowest BCUT2D eigenvalue weighted by molar-refractivity contribution is -0.141. The number of ether oxygens (including phenoxy) is 1. The van der Waals surface area contributed by atoms with Gasteiger partial charge in [0.2, 0.25) is 5.91 Å². The summed E-state index contributed by atoms with van der Waals surface area (Å²) in [7, 11) is 1.73. The van der Waals surface area contributed by atoms with Crippen LogP contribution in [0.4, 0.5) is 13.2 Å². The summed E-state index contributed by atoms with van der Waals surface area (Å²) < 4.78 is 51.5. The molecule has 1 aromatic carbocycles. The number of amides is 1. The number of fused-ring (bicyclic) bond motifs is 4. The molecule has 1 saturated heterocycles. The van der Waals surface area contributed by atoms with Gasteiger partial charge in [-0.25, -0.2) is 4.98 Å². The minimum Gasteiger partial charge on any atom is -0.361 e. The first kappa shape index (κ1) is 33.1. The van der Waals surface area contributed by atoms with Crippen molar-refractivity contribution in [2.75, 3.05) is 33.3 Å². The molecule has 2 aromatic rings. The van der Waals surface area contributed by atoms with Crippen molar-refractivity contribution in [1.82, 2.24) is 20.5 Å². The molecule has 0 radical (unpaired) electrons. The molecule has 1 fully saturated rings. The number of allylic oxidation sites excluding steroid dienone is 3. The highest BCUT2D eigenvalue weighted by atomic mass is 127. The Balaban J connectivity index is 1.05. The van der Waals surface area contributed by atoms with E-state index < -0.39 is 24.0 Å². The summed E-state index contributed by atoms with van der Waals surface area (Å²) in [6.45, 7) is 1.50. The van der Waals surface area contributed by atoms with E-state index in [4.69, 9.17) is 9.72 Å². The van der Waals surface area contributed by atoms with E-state index in [1.807, 2.05) is 24.3 Å². The van der Waals surface area contributed by atoms with Crippen LogP contribution in [0.3, 0.4) is 0 Å². The predicted molar refractivity (Wildman–Crippen MR) is 191 cm³/mol. The minimum absolute atomic E-state index is 0.00531. The molecule has 0 spiro atoms. The van der Waals surface area contributed by atoms with E-state index in [1.54, 1.807) is 7.11 Å². The minimum atomic E-state index is -4.46. The highest BCUT2D eigenvalue weighted by Crippen LogP contribution is 2.54. The van der Waals surface area contributed by atoms with Gasteiger partial charge in [-0.05, 0) is 96.6 Å². The standard InChI is InChI=1S/C34H39F3I2N4O2/c1-45-31(29-13-12-28-30(42-29)20-38-22-39-28)41-23-14-18-43(19-15-23)17-7-6-16-33(32(44)40-21-34(35,36)37)26-10-4-2-8-24(26)25-9-3-5-11-27(25)33/h2,4,8-13,20,22-23,31,41H,3,5-7,14-19,21H2,1H3,(H,40,44). The number of aromatic nitrogens is 1. The van der Waals surface area contributed by atoms with Gasteiger partial charge in [-0.1, -0.05) is 84.3 Å². The number of carbonyl (C=O) groups excluding carboxylic acids is 1. The van der Waals surface area contributed by atoms with Gasteiger partial charge in [0.15, 0.2) is 6.23 Å². The van der Waals surface area contributed by atoms with Crippen LogP contribution in [-0.2, 0) is 14.9 Å². The Morgan fingerprint density at radius 3 is 2.73 bits per heavy atom. The fourth-order valence-corrected chi connectivity index (χ4v) is 13.4. The van der Waals surface area contributed by atoms with Gasteiger partial charge in [-0.15, -0.1) is 0 Å². The van der Waals surface area contributed by atoms with Gasteiger partial charge in [-0.3, -0.25) is 10.1 Å². The van der Waals surface area contributed by atoms with Crippen molar-refractivity contribution in [3.05, 3.63) is 80.2 Å². The maximum atomic E-state index is 13.7. The van der Waals surface area contributed by atoms with E-state index >= 15 is 0 Å². The number of rotatable bonds is 11. The van der Waals surface area contributed by atoms with Crippen molar-refractivity contribution >= 4 is 59.0 Å². The van der Waals surface area contributed by atoms with E-state index in [1.165, 1.54) is 3.57 Å². The number of alkyl halides is 3. The first-order chi connectivity index (χ1) is 21.8. The van der Waals surface area contributed by atoms with Crippen LogP contribution in [0.1, 0.15) is 73.7 Å². The maximum Gasteiger partial charge on any atom is 0.405 e. The fraction of sp³-hybridized carbons (Fsp3) is 0.471. The van der Waals surface area contributed by atoms with Crippen molar-refractivity contribution in [3.63, 3.8) is 0 Å². The summed E-state index contributed by atoms with van der Waals surface area (Å²) in [5.41, 5.74) is 4.69. The molecule has 0 bridgehead atoms. The van der Waals surface area contributed by atoms with Gasteiger partial charge in [0.25, 0.3) is 0 Å². The van der Waals surface area contributed by atoms with Crippen molar-refractivity contribution in [3.8, 4) is 0 Å². The molecule has 2 N–H and O–H groups in total. The zero-order valence-electron chi connectivity index (χ0n) is 25.3. The van der Waals surface area contributed by atoms with Crippen LogP contribution in [0.5, 0.6) is 0 Å². The molecule has 11 heteroatoms. The Kier molecular flexibility index (Phi) is 10.7. The van der Waals surface area contributed by atoms with Crippen molar-refractivity contribution < 1.29 is 22.7 Å². The molecule has 6 rings (SSSR count). The van der Waals surface area contributed by atoms with Gasteiger partial charge in [0, 0.05) is 18.7 Å². The molecule has 2 aliphatic heterocycles. The molecule has 242 valence electrons. The summed E-state index contributed by atoms with van der Waals surface area (Å²) in [5.74, 6) is -0.545. The number of nitrogens with zero attached hydrogens (tertiary/aromatic N) is 2. The van der Waals surface area contributed by atoms with Crippen LogP contribution in [0.15, 0.2) is 54.1 Å². The molecule has 2 atom stereocenters. The van der Waals surface area contributed by atoms with E-state index in [-0.39, 0.29) is 47.7 Å². The van der Waals surface area contributed by atoms with Crippen molar-refractivity contribution in [2.24, 2.45) is 0 Å². The normalized spacial score (nSPS) is 22.2. The number of carbonyl (C=O) groups is 1. The number of halogens is 5. The van der Waals surface area contributed by atoms with Crippen LogP contribution in [0.2, 0.25) is 0 Å². The molecule has 3 heterocycles. The van der Waals surface area contributed by atoms with Gasteiger partial charge < -0.3 is 15.0 Å². The zero-order valence-corrected chi connectivity index (χ0v) is 29.6. The summed E-state index contributed by atoms with van der Waals surface area (Å²) in [6, 6.07) is 12.4. The third-order valence-corrected chi connectivity index (χ3v) is 15.6. The third kappa shape index (κ3) is 7.37. The van der Waals surface area contributed by atoms with E-state index in [9.17, 15) is 18.0 Å². The molecule has 2 aliphatic carbocycles. The van der Waals surface area contributed by atoms with Gasteiger partial charge >= 0.3 is 6.18 Å². The molecule has 2 unspecified atom stereocenters. The molecule has 6 nitrogen and oxygen atoms in total. The monoisotopic (exact) mass is 846 g/mol. The number of likely N-dealkylation sites (tertiary alicyclic amines) is 1. The third-order valence-electron chi connectivity index (χ3n) is 9.15. The smallest absolute Gasteiger partial charge is 0.361 e. The van der Waals surface area contributed by atoms with Gasteiger partial charge in [0.05, 0.1) is 16.8 Å². The number of pyridine rings is 1. The second-order valence-corrected chi connectivity index (χ2v) is 18.7. The van der Waals surface area contributed by atoms with E-state index in [0.717, 1.165) is 91.8 Å². The Bertz CT molecular complexity index is 1530. The Morgan fingerprint density at radius 2 is 1.93 bits per heavy atom. The lowest BCUT2D eigenvalue weighted by Gasteiger charge is -2.35. The Hall–Kier alpha value is -1.81. The van der Waals surface area contributed by atoms with Gasteiger partial charge in [0.1, 0.15) is 6.54 Å². The lowest BCUT2D eigenvalue weighted by atomic mass is 9.72. The highest BCUT2D eigenvalue weighted by molar-refractivity contribution is 14.3. The SMILES string of the molecule is COC(NC1CCN(CCCCC2(C(=O)NCC(F)(F)F)C3=CCCC=C3c3ccccc32)CC1)c1ccc2c(n1)C=IC=I2. The molecule has 1 amide bonds. The fourth-order valence-electron chi connectivity index (χ4n) is 7.01. The number of hydrogen-bond donors (Lipinski definition) is 2. The molecule has 4 aliphatic rings. The Morgan fingerprint density at radius 1 is 1.13 bits per heavy atom. The number of hydrogen-bond acceptors (Lipinski definition) is 5. The number of piperidine rings is 1. The summed E-state index contributed by atoms with van der Waals surface area (Å²) >= 11 is 0.0264. The zero-order chi connectivity index (χ0) is 31.4. The van der Waals surface area contributed by atoms with Crippen LogP contribution >= 0.6 is 41.5 Å². The lowest BCUT2D eigenvalue weighted by Crippen LogP contribution is -2.47.